The number of benzene rings is 1. The summed E-state index contributed by atoms with van der Waals surface area (Å²) in [5.74, 6) is 7.09. The molecule has 3 heterocycles. The van der Waals surface area contributed by atoms with Crippen LogP contribution in [0.5, 0.6) is 0 Å². The zero-order chi connectivity index (χ0) is 21.3. The van der Waals surface area contributed by atoms with E-state index in [1.54, 1.807) is 0 Å². The van der Waals surface area contributed by atoms with E-state index >= 15 is 0 Å². The third-order valence-corrected chi connectivity index (χ3v) is 5.14. The second kappa shape index (κ2) is 7.94. The number of aliphatic imine (C=N–C) groups is 1. The molecule has 2 aliphatic heterocycles. The lowest BCUT2D eigenvalue weighted by Gasteiger charge is -2.27. The predicted molar refractivity (Wildman–Crippen MR) is 116 cm³/mol. The van der Waals surface area contributed by atoms with Crippen LogP contribution < -0.4 is 21.8 Å². The van der Waals surface area contributed by atoms with Crippen LogP contribution in [0.2, 0.25) is 0 Å². The second-order valence-electron chi connectivity index (χ2n) is 7.22. The van der Waals surface area contributed by atoms with Crippen molar-refractivity contribution in [2.24, 2.45) is 4.99 Å². The van der Waals surface area contributed by atoms with Gasteiger partial charge in [0.25, 0.3) is 0 Å². The molecule has 2 aromatic rings. The van der Waals surface area contributed by atoms with Gasteiger partial charge in [-0.05, 0) is 32.1 Å². The minimum atomic E-state index is -0.362. The van der Waals surface area contributed by atoms with Crippen LogP contribution in [0, 0.1) is 0 Å². The number of nitrogens with zero attached hydrogens (tertiary/aromatic N) is 3. The molecule has 2 amide bonds. The van der Waals surface area contributed by atoms with Crippen LogP contribution in [0.1, 0.15) is 41.6 Å². The van der Waals surface area contributed by atoms with Gasteiger partial charge in [0.05, 0.1) is 41.6 Å². The van der Waals surface area contributed by atoms with Crippen molar-refractivity contribution >= 4 is 29.0 Å². The molecule has 0 spiro atoms. The normalized spacial score (nSPS) is 17.8. The Bertz CT molecular complexity index is 1040. The summed E-state index contributed by atoms with van der Waals surface area (Å²) in [6, 6.07) is 8.95. The van der Waals surface area contributed by atoms with Crippen molar-refractivity contribution < 1.29 is 9.59 Å². The fourth-order valence-corrected chi connectivity index (χ4v) is 3.79. The molecule has 1 atom stereocenters. The Labute approximate surface area is 174 Å². The third kappa shape index (κ3) is 3.49. The number of Topliss-reactive ketones (excluding diaryl/α,β-unsaturated/α-hetero) is 1. The van der Waals surface area contributed by atoms with E-state index in [4.69, 9.17) is 5.84 Å². The van der Waals surface area contributed by atoms with Crippen LogP contribution in [-0.2, 0) is 6.54 Å². The van der Waals surface area contributed by atoms with Gasteiger partial charge in [0.15, 0.2) is 5.78 Å². The van der Waals surface area contributed by atoms with Crippen LogP contribution in [0.4, 0.5) is 16.2 Å². The van der Waals surface area contributed by atoms with Crippen LogP contribution >= 0.6 is 0 Å². The molecule has 9 heteroatoms. The van der Waals surface area contributed by atoms with Crippen LogP contribution in [0.3, 0.4) is 0 Å². The number of amidine groups is 1. The number of nitrogen functional groups attached to an aromatic ring is 1. The summed E-state index contributed by atoms with van der Waals surface area (Å²) in [5, 5.41) is 9.16. The fraction of sp³-hybridized carbons (Fsp3) is 0.286. The summed E-state index contributed by atoms with van der Waals surface area (Å²) in [5.41, 5.74) is 3.24. The number of urea groups is 1. The first-order chi connectivity index (χ1) is 14.5. The number of anilines is 2. The zero-order valence-corrected chi connectivity index (χ0v) is 17.0. The fourth-order valence-electron chi connectivity index (χ4n) is 3.79. The molecule has 0 saturated carbocycles. The highest BCUT2D eigenvalue weighted by Gasteiger charge is 2.36. The minimum absolute atomic E-state index is 0.00386. The largest absolute Gasteiger partial charge is 0.353 e. The molecule has 0 aliphatic carbocycles. The van der Waals surface area contributed by atoms with Gasteiger partial charge in [0.2, 0.25) is 0 Å². The number of ketones is 1. The maximum Gasteiger partial charge on any atom is 0.318 e. The van der Waals surface area contributed by atoms with Gasteiger partial charge in [-0.3, -0.25) is 14.5 Å². The van der Waals surface area contributed by atoms with Gasteiger partial charge in [0.1, 0.15) is 6.04 Å². The summed E-state index contributed by atoms with van der Waals surface area (Å²) in [6.45, 7) is 4.43. The molecule has 2 aliphatic rings. The molecule has 0 fully saturated rings. The Morgan fingerprint density at radius 2 is 2.07 bits per heavy atom. The number of aromatic nitrogens is 1. The third-order valence-electron chi connectivity index (χ3n) is 5.14. The summed E-state index contributed by atoms with van der Waals surface area (Å²) >= 11 is 0. The quantitative estimate of drug-likeness (QED) is 0.580. The Kier molecular flexibility index (Phi) is 5.18. The molecule has 5 N–H and O–H groups in total. The SMILES string of the molecule is CCNC(=O)N1CC(=O)c2c(Nc3ccccc3)c(C3C=CNC(C)=N3)n(N)c2C1. The van der Waals surface area contributed by atoms with Gasteiger partial charge < -0.3 is 26.7 Å². The van der Waals surface area contributed by atoms with E-state index in [1.807, 2.05) is 56.5 Å². The van der Waals surface area contributed by atoms with Crippen molar-refractivity contribution in [3.8, 4) is 0 Å². The average molecular weight is 407 g/mol. The van der Waals surface area contributed by atoms with E-state index in [9.17, 15) is 9.59 Å². The first-order valence-electron chi connectivity index (χ1n) is 9.87. The molecular formula is C21H25N7O2. The minimum Gasteiger partial charge on any atom is -0.353 e. The van der Waals surface area contributed by atoms with Gasteiger partial charge in [0, 0.05) is 18.4 Å². The van der Waals surface area contributed by atoms with E-state index in [0.29, 0.717) is 29.2 Å². The van der Waals surface area contributed by atoms with Crippen molar-refractivity contribution in [3.05, 3.63) is 59.6 Å². The number of para-hydroxylation sites is 1. The first kappa shape index (κ1) is 19.6. The predicted octanol–water partition coefficient (Wildman–Crippen LogP) is 2.25. The maximum atomic E-state index is 13.1. The highest BCUT2D eigenvalue weighted by Crippen LogP contribution is 2.38. The number of hydrogen-bond donors (Lipinski definition) is 4. The monoisotopic (exact) mass is 407 g/mol. The van der Waals surface area contributed by atoms with Crippen molar-refractivity contribution in [2.45, 2.75) is 26.4 Å². The number of hydrogen-bond acceptors (Lipinski definition) is 6. The van der Waals surface area contributed by atoms with Gasteiger partial charge in [-0.2, -0.15) is 0 Å². The number of carbonyl (C=O) groups excluding carboxylic acids is 2. The highest BCUT2D eigenvalue weighted by atomic mass is 16.2. The lowest BCUT2D eigenvalue weighted by molar-refractivity contribution is 0.0918. The number of nitrogens with one attached hydrogen (secondary N) is 3. The molecule has 4 rings (SSSR count). The van der Waals surface area contributed by atoms with Gasteiger partial charge in [-0.15, -0.1) is 0 Å². The Morgan fingerprint density at radius 3 is 2.77 bits per heavy atom. The molecule has 9 nitrogen and oxygen atoms in total. The summed E-state index contributed by atoms with van der Waals surface area (Å²) in [4.78, 5) is 31.6. The van der Waals surface area contributed by atoms with E-state index < -0.39 is 0 Å². The molecule has 156 valence electrons. The standard InChI is InChI=1S/C21H25N7O2/c1-3-23-21(30)27-11-16-18(17(29)12-27)19(26-14-7-5-4-6-8-14)20(28(16)22)15-9-10-24-13(2)25-15/h4-10,15,26H,3,11-12,22H2,1-2H3,(H,23,30)(H,24,25). The Morgan fingerprint density at radius 1 is 1.30 bits per heavy atom. The highest BCUT2D eigenvalue weighted by molar-refractivity contribution is 6.07. The maximum absolute atomic E-state index is 13.1. The Balaban J connectivity index is 1.83. The number of amides is 2. The number of rotatable bonds is 4. The van der Waals surface area contributed by atoms with Crippen LogP contribution in [0.15, 0.2) is 47.6 Å². The van der Waals surface area contributed by atoms with Crippen molar-refractivity contribution in [1.29, 1.82) is 0 Å². The lowest BCUT2D eigenvalue weighted by atomic mass is 10.0. The van der Waals surface area contributed by atoms with Gasteiger partial charge in [-0.25, -0.2) is 4.79 Å². The van der Waals surface area contributed by atoms with Crippen molar-refractivity contribution in [2.75, 3.05) is 24.2 Å². The number of fused-ring (bicyclic) bond motifs is 1. The lowest BCUT2D eigenvalue weighted by Crippen LogP contribution is -2.45. The summed E-state index contributed by atoms with van der Waals surface area (Å²) < 4.78 is 1.50. The van der Waals surface area contributed by atoms with E-state index in [0.717, 1.165) is 11.5 Å². The van der Waals surface area contributed by atoms with E-state index in [1.165, 1.54) is 9.58 Å². The average Bonchev–Trinajstić information content (AvgIpc) is 3.01. The second-order valence-corrected chi connectivity index (χ2v) is 7.22. The first-order valence-corrected chi connectivity index (χ1v) is 9.87. The van der Waals surface area contributed by atoms with E-state index in [-0.39, 0.29) is 30.9 Å². The van der Waals surface area contributed by atoms with Crippen molar-refractivity contribution in [3.63, 3.8) is 0 Å². The number of nitrogens with two attached hydrogens (primary N) is 1. The summed E-state index contributed by atoms with van der Waals surface area (Å²) in [6.07, 6.45) is 3.70. The van der Waals surface area contributed by atoms with Crippen LogP contribution in [-0.4, -0.2) is 40.3 Å². The van der Waals surface area contributed by atoms with Gasteiger partial charge >= 0.3 is 6.03 Å². The molecule has 0 radical (unpaired) electrons. The van der Waals surface area contributed by atoms with Crippen LogP contribution in [0.25, 0.3) is 0 Å². The zero-order valence-electron chi connectivity index (χ0n) is 17.0. The molecular weight excluding hydrogens is 382 g/mol. The molecule has 0 saturated heterocycles. The molecule has 0 bridgehead atoms. The Hall–Kier alpha value is -3.75. The topological polar surface area (TPSA) is 117 Å². The number of carbonyl (C=O) groups is 2. The smallest absolute Gasteiger partial charge is 0.318 e. The van der Waals surface area contributed by atoms with E-state index in [2.05, 4.69) is 20.9 Å². The molecule has 30 heavy (non-hydrogen) atoms. The summed E-state index contributed by atoms with van der Waals surface area (Å²) in [7, 11) is 0. The molecule has 1 aromatic carbocycles. The molecule has 1 aromatic heterocycles. The van der Waals surface area contributed by atoms with Crippen molar-refractivity contribution in [1.82, 2.24) is 20.2 Å². The van der Waals surface area contributed by atoms with Gasteiger partial charge in [-0.1, -0.05) is 18.2 Å². The molecule has 1 unspecified atom stereocenters.